The van der Waals surface area contributed by atoms with Gasteiger partial charge in [-0.05, 0) is 86.4 Å². The molecular formula is C35H44F2N6O2. The monoisotopic (exact) mass is 618 g/mol. The largest absolute Gasteiger partial charge is 0.469 e. The maximum absolute atomic E-state index is 15.7. The SMILES string of the molecule is COC(=O)C[C@H](CN1CC2(CN(Cc3ccc4c(n3)NCCC4)CC2(F)F)C1)c1cc(C2CCC2)cc(-n2nc(C)cc2C)c1. The van der Waals surface area contributed by atoms with Crippen molar-refractivity contribution >= 4 is 11.8 Å². The van der Waals surface area contributed by atoms with Gasteiger partial charge in [0.1, 0.15) is 5.82 Å². The minimum atomic E-state index is -2.79. The lowest BCUT2D eigenvalue weighted by Crippen LogP contribution is -2.65. The average Bonchev–Trinajstić information content (AvgIpc) is 3.44. The van der Waals surface area contributed by atoms with E-state index in [2.05, 4.69) is 40.5 Å². The molecule has 0 bridgehead atoms. The second-order valence-corrected chi connectivity index (χ2v) is 13.9. The number of carbonyl (C=O) groups excluding carboxylic acids is 1. The first-order chi connectivity index (χ1) is 21.6. The molecule has 4 aliphatic rings. The van der Waals surface area contributed by atoms with E-state index < -0.39 is 11.3 Å². The van der Waals surface area contributed by atoms with Crippen molar-refractivity contribution in [3.8, 4) is 5.69 Å². The highest BCUT2D eigenvalue weighted by atomic mass is 19.3. The van der Waals surface area contributed by atoms with E-state index in [1.165, 1.54) is 24.7 Å². The minimum Gasteiger partial charge on any atom is -0.469 e. The molecule has 1 aromatic carbocycles. The normalized spacial score (nSPS) is 21.5. The number of fused-ring (bicyclic) bond motifs is 1. The Kier molecular flexibility index (Phi) is 7.92. The molecule has 240 valence electrons. The summed E-state index contributed by atoms with van der Waals surface area (Å²) >= 11 is 0. The van der Waals surface area contributed by atoms with Gasteiger partial charge in [-0.15, -0.1) is 0 Å². The van der Waals surface area contributed by atoms with E-state index in [0.29, 0.717) is 38.6 Å². The molecule has 8 nitrogen and oxygen atoms in total. The fourth-order valence-corrected chi connectivity index (χ4v) is 7.88. The molecule has 3 fully saturated rings. The van der Waals surface area contributed by atoms with Gasteiger partial charge in [0.25, 0.3) is 5.92 Å². The molecule has 1 N–H and O–H groups in total. The van der Waals surface area contributed by atoms with Crippen LogP contribution in [0.2, 0.25) is 0 Å². The lowest BCUT2D eigenvalue weighted by molar-refractivity contribution is -0.158. The molecule has 0 amide bonds. The number of pyridine rings is 1. The van der Waals surface area contributed by atoms with Crippen LogP contribution in [0.25, 0.3) is 5.69 Å². The van der Waals surface area contributed by atoms with E-state index in [1.807, 2.05) is 29.5 Å². The lowest BCUT2D eigenvalue weighted by atomic mass is 9.75. The first-order valence-corrected chi connectivity index (χ1v) is 16.4. The number of ether oxygens (including phenoxy) is 1. The van der Waals surface area contributed by atoms with Crippen molar-refractivity contribution in [3.63, 3.8) is 0 Å². The molecule has 1 spiro atoms. The maximum atomic E-state index is 15.7. The Morgan fingerprint density at radius 2 is 1.87 bits per heavy atom. The zero-order valence-electron chi connectivity index (χ0n) is 26.6. The first-order valence-electron chi connectivity index (χ1n) is 16.4. The Morgan fingerprint density at radius 1 is 1.07 bits per heavy atom. The number of benzene rings is 1. The van der Waals surface area contributed by atoms with Crippen LogP contribution in [0.15, 0.2) is 36.4 Å². The highest BCUT2D eigenvalue weighted by Gasteiger charge is 2.65. The van der Waals surface area contributed by atoms with Crippen molar-refractivity contribution < 1.29 is 18.3 Å². The van der Waals surface area contributed by atoms with Crippen LogP contribution in [0, 0.1) is 19.3 Å². The molecule has 3 aromatic rings. The van der Waals surface area contributed by atoms with Crippen LogP contribution in [0.3, 0.4) is 0 Å². The van der Waals surface area contributed by atoms with E-state index in [0.717, 1.165) is 66.4 Å². The second-order valence-electron chi connectivity index (χ2n) is 13.9. The Bertz CT molecular complexity index is 1580. The quantitative estimate of drug-likeness (QED) is 0.313. The zero-order chi connectivity index (χ0) is 31.3. The molecule has 10 heteroatoms. The second kappa shape index (κ2) is 11.8. The van der Waals surface area contributed by atoms with Gasteiger partial charge in [-0.25, -0.2) is 18.4 Å². The third-order valence-corrected chi connectivity index (χ3v) is 10.5. The molecule has 1 saturated carbocycles. The van der Waals surface area contributed by atoms with E-state index in [4.69, 9.17) is 14.8 Å². The third kappa shape index (κ3) is 5.87. The van der Waals surface area contributed by atoms with Gasteiger partial charge in [0.2, 0.25) is 0 Å². The van der Waals surface area contributed by atoms with Crippen LogP contribution >= 0.6 is 0 Å². The molecule has 2 aromatic heterocycles. The number of nitrogens with one attached hydrogen (secondary N) is 1. The number of aryl methyl sites for hydroxylation is 3. The van der Waals surface area contributed by atoms with Gasteiger partial charge in [-0.3, -0.25) is 9.69 Å². The van der Waals surface area contributed by atoms with Crippen molar-refractivity contribution in [3.05, 3.63) is 70.2 Å². The number of aromatic nitrogens is 3. The van der Waals surface area contributed by atoms with E-state index in [1.54, 1.807) is 0 Å². The Morgan fingerprint density at radius 3 is 2.58 bits per heavy atom. The van der Waals surface area contributed by atoms with Crippen LogP contribution < -0.4 is 5.32 Å². The number of rotatable bonds is 9. The van der Waals surface area contributed by atoms with Gasteiger partial charge < -0.3 is 15.0 Å². The van der Waals surface area contributed by atoms with E-state index in [-0.39, 0.29) is 24.9 Å². The maximum Gasteiger partial charge on any atom is 0.306 e. The van der Waals surface area contributed by atoms with Crippen LogP contribution in [0.5, 0.6) is 0 Å². The molecule has 0 unspecified atom stereocenters. The molecule has 1 atom stereocenters. The zero-order valence-corrected chi connectivity index (χ0v) is 26.6. The summed E-state index contributed by atoms with van der Waals surface area (Å²) in [4.78, 5) is 21.4. The van der Waals surface area contributed by atoms with Crippen LogP contribution in [0.1, 0.15) is 77.7 Å². The van der Waals surface area contributed by atoms with Crippen molar-refractivity contribution in [2.24, 2.45) is 5.41 Å². The summed E-state index contributed by atoms with van der Waals surface area (Å²) in [7, 11) is 1.41. The number of anilines is 1. The molecule has 7 rings (SSSR count). The fourth-order valence-electron chi connectivity index (χ4n) is 7.88. The molecule has 45 heavy (non-hydrogen) atoms. The third-order valence-electron chi connectivity index (χ3n) is 10.5. The van der Waals surface area contributed by atoms with Gasteiger partial charge in [0.05, 0.1) is 42.6 Å². The Labute approximate surface area is 264 Å². The van der Waals surface area contributed by atoms with Gasteiger partial charge >= 0.3 is 5.97 Å². The molecular weight excluding hydrogens is 574 g/mol. The van der Waals surface area contributed by atoms with Crippen molar-refractivity contribution in [1.82, 2.24) is 24.6 Å². The average molecular weight is 619 g/mol. The van der Waals surface area contributed by atoms with Crippen molar-refractivity contribution in [2.45, 2.75) is 76.7 Å². The van der Waals surface area contributed by atoms with Crippen LogP contribution in [-0.2, 0) is 22.5 Å². The fraction of sp³-hybridized carbons (Fsp3) is 0.571. The molecule has 5 heterocycles. The standard InChI is InChI=1S/C35H44F2N6O2/c1-23-12-24(2)43(40-23)31-14-27(25-6-4-7-25)13-28(15-31)29(16-32(44)45-3)17-41-19-34(20-41)21-42(22-35(34,36)37)18-30-10-9-26-8-5-11-38-33(26)39-30/h9-10,12-15,25,29H,4-8,11,16-22H2,1-3H3,(H,38,39)/t29-/m1/s1. The summed E-state index contributed by atoms with van der Waals surface area (Å²) in [5, 5.41) is 8.08. The molecule has 3 aliphatic heterocycles. The smallest absolute Gasteiger partial charge is 0.306 e. The summed E-state index contributed by atoms with van der Waals surface area (Å²) in [6.45, 7) is 6.56. The van der Waals surface area contributed by atoms with Gasteiger partial charge in [-0.2, -0.15) is 5.10 Å². The van der Waals surface area contributed by atoms with Gasteiger partial charge in [0.15, 0.2) is 0 Å². The Hall–Kier alpha value is -3.37. The van der Waals surface area contributed by atoms with Gasteiger partial charge in [0, 0.05) is 50.9 Å². The number of carbonyl (C=O) groups is 1. The summed E-state index contributed by atoms with van der Waals surface area (Å²) in [5.41, 5.74) is 6.23. The number of esters is 1. The van der Waals surface area contributed by atoms with Crippen molar-refractivity contribution in [2.75, 3.05) is 51.7 Å². The number of hydrogen-bond donors (Lipinski definition) is 1. The number of halogens is 2. The highest BCUT2D eigenvalue weighted by molar-refractivity contribution is 5.70. The predicted octanol–water partition coefficient (Wildman–Crippen LogP) is 5.61. The highest BCUT2D eigenvalue weighted by Crippen LogP contribution is 2.51. The minimum absolute atomic E-state index is 0.177. The van der Waals surface area contributed by atoms with E-state index >= 15 is 8.78 Å². The first kappa shape index (κ1) is 30.3. The van der Waals surface area contributed by atoms with Crippen molar-refractivity contribution in [1.29, 1.82) is 0 Å². The summed E-state index contributed by atoms with van der Waals surface area (Å²) in [6.07, 6.45) is 5.81. The molecule has 2 saturated heterocycles. The van der Waals surface area contributed by atoms with Crippen LogP contribution in [0.4, 0.5) is 14.6 Å². The summed E-state index contributed by atoms with van der Waals surface area (Å²) in [5.74, 6) is -1.87. The summed E-state index contributed by atoms with van der Waals surface area (Å²) < 4.78 is 38.4. The topological polar surface area (TPSA) is 75.5 Å². The Balaban J connectivity index is 1.09. The molecule has 1 aliphatic carbocycles. The number of alkyl halides is 2. The predicted molar refractivity (Wildman–Crippen MR) is 169 cm³/mol. The van der Waals surface area contributed by atoms with E-state index in [9.17, 15) is 4.79 Å². The number of likely N-dealkylation sites (tertiary alicyclic amines) is 2. The number of hydrogen-bond acceptors (Lipinski definition) is 7. The van der Waals surface area contributed by atoms with Crippen LogP contribution in [-0.4, -0.2) is 82.8 Å². The number of methoxy groups -OCH3 is 1. The molecule has 0 radical (unpaired) electrons. The summed E-state index contributed by atoms with van der Waals surface area (Å²) in [6, 6.07) is 12.7. The van der Waals surface area contributed by atoms with Gasteiger partial charge in [-0.1, -0.05) is 18.6 Å². The lowest BCUT2D eigenvalue weighted by Gasteiger charge is -2.51. The number of nitrogens with zero attached hydrogens (tertiary/aromatic N) is 5.